The van der Waals surface area contributed by atoms with E-state index in [4.69, 9.17) is 9.26 Å². The number of benzene rings is 1. The van der Waals surface area contributed by atoms with Crippen LogP contribution < -0.4 is 4.74 Å². The molecule has 0 N–H and O–H groups in total. The minimum Gasteiger partial charge on any atom is -0.496 e. The second kappa shape index (κ2) is 6.80. The molecule has 4 rings (SSSR count). The van der Waals surface area contributed by atoms with E-state index in [1.807, 2.05) is 50.2 Å². The number of rotatable bonds is 5. The van der Waals surface area contributed by atoms with E-state index in [9.17, 15) is 0 Å². The van der Waals surface area contributed by atoms with E-state index in [1.54, 1.807) is 11.6 Å². The summed E-state index contributed by atoms with van der Waals surface area (Å²) in [6.07, 6.45) is 0. The summed E-state index contributed by atoms with van der Waals surface area (Å²) in [6, 6.07) is 11.6. The first kappa shape index (κ1) is 16.6. The van der Waals surface area contributed by atoms with Crippen molar-refractivity contribution < 1.29 is 9.26 Å². The van der Waals surface area contributed by atoms with Crippen molar-refractivity contribution in [3.63, 3.8) is 0 Å². The molecule has 7 nitrogen and oxygen atoms in total. The van der Waals surface area contributed by atoms with E-state index >= 15 is 0 Å². The lowest BCUT2D eigenvalue weighted by molar-refractivity contribution is 0.395. The van der Waals surface area contributed by atoms with Crippen LogP contribution >= 0.6 is 11.8 Å². The normalized spacial score (nSPS) is 11.2. The first-order valence-electron chi connectivity index (χ1n) is 8.07. The molecule has 132 valence electrons. The maximum Gasteiger partial charge on any atom is 0.253 e. The van der Waals surface area contributed by atoms with Gasteiger partial charge in [0, 0.05) is 23.0 Å². The molecule has 4 aromatic rings. The van der Waals surface area contributed by atoms with Gasteiger partial charge in [0.25, 0.3) is 5.78 Å². The molecular formula is C18H17N5O2S. The molecule has 8 heteroatoms. The number of ether oxygens (including phenoxy) is 1. The molecule has 0 spiro atoms. The Kier molecular flexibility index (Phi) is 4.34. The van der Waals surface area contributed by atoms with Gasteiger partial charge in [-0.2, -0.15) is 4.98 Å². The summed E-state index contributed by atoms with van der Waals surface area (Å²) < 4.78 is 12.6. The maximum absolute atomic E-state index is 5.45. The lowest BCUT2D eigenvalue weighted by Crippen LogP contribution is -1.97. The van der Waals surface area contributed by atoms with Gasteiger partial charge in [0.2, 0.25) is 5.16 Å². The number of nitrogens with zero attached hydrogens (tertiary/aromatic N) is 5. The molecule has 3 heterocycles. The average molecular weight is 367 g/mol. The third-order valence-electron chi connectivity index (χ3n) is 3.88. The van der Waals surface area contributed by atoms with Crippen molar-refractivity contribution >= 4 is 17.5 Å². The van der Waals surface area contributed by atoms with Crippen LogP contribution in [-0.4, -0.2) is 31.8 Å². The summed E-state index contributed by atoms with van der Waals surface area (Å²) in [5.74, 6) is 2.70. The third-order valence-corrected chi connectivity index (χ3v) is 4.74. The van der Waals surface area contributed by atoms with Gasteiger partial charge in [0.1, 0.15) is 17.2 Å². The molecule has 26 heavy (non-hydrogen) atoms. The first-order valence-corrected chi connectivity index (χ1v) is 9.05. The highest BCUT2D eigenvalue weighted by atomic mass is 32.2. The Balaban J connectivity index is 1.52. The number of aryl methyl sites for hydroxylation is 2. The zero-order valence-corrected chi connectivity index (χ0v) is 15.4. The van der Waals surface area contributed by atoms with Gasteiger partial charge in [0.15, 0.2) is 0 Å². The van der Waals surface area contributed by atoms with E-state index in [-0.39, 0.29) is 0 Å². The van der Waals surface area contributed by atoms with Gasteiger partial charge in [0.05, 0.1) is 12.9 Å². The Morgan fingerprint density at radius 1 is 1.15 bits per heavy atom. The van der Waals surface area contributed by atoms with Gasteiger partial charge in [-0.15, -0.1) is 5.10 Å². The third kappa shape index (κ3) is 3.15. The van der Waals surface area contributed by atoms with Crippen LogP contribution in [0.2, 0.25) is 0 Å². The highest BCUT2D eigenvalue weighted by Gasteiger charge is 2.13. The molecule has 0 aliphatic heterocycles. The van der Waals surface area contributed by atoms with Crippen molar-refractivity contribution in [1.82, 2.24) is 24.7 Å². The number of para-hydroxylation sites is 1. The zero-order valence-electron chi connectivity index (χ0n) is 14.6. The fraction of sp³-hybridized carbons (Fsp3) is 0.222. The predicted octanol–water partition coefficient (Wildman–Crippen LogP) is 3.70. The summed E-state index contributed by atoms with van der Waals surface area (Å²) >= 11 is 1.48. The van der Waals surface area contributed by atoms with Crippen molar-refractivity contribution in [2.75, 3.05) is 7.11 Å². The van der Waals surface area contributed by atoms with Gasteiger partial charge in [-0.3, -0.25) is 0 Å². The van der Waals surface area contributed by atoms with Crippen molar-refractivity contribution in [2.45, 2.75) is 24.8 Å². The first-order chi connectivity index (χ1) is 12.6. The van der Waals surface area contributed by atoms with Gasteiger partial charge >= 0.3 is 0 Å². The minimum atomic E-state index is 0.580. The maximum atomic E-state index is 5.45. The van der Waals surface area contributed by atoms with Gasteiger partial charge in [-0.05, 0) is 32.0 Å². The summed E-state index contributed by atoms with van der Waals surface area (Å²) in [4.78, 5) is 8.86. The summed E-state index contributed by atoms with van der Waals surface area (Å²) in [5, 5.41) is 9.29. The van der Waals surface area contributed by atoms with E-state index in [2.05, 4.69) is 20.2 Å². The Hall–Kier alpha value is -2.87. The lowest BCUT2D eigenvalue weighted by atomic mass is 10.1. The average Bonchev–Trinajstić information content (AvgIpc) is 3.26. The number of aromatic nitrogens is 5. The fourth-order valence-corrected chi connectivity index (χ4v) is 3.40. The molecule has 0 amide bonds. The number of fused-ring (bicyclic) bond motifs is 1. The van der Waals surface area contributed by atoms with Crippen LogP contribution in [0.15, 0.2) is 46.1 Å². The molecule has 0 unspecified atom stereocenters. The number of thioether (sulfide) groups is 1. The van der Waals surface area contributed by atoms with Crippen molar-refractivity contribution in [2.24, 2.45) is 0 Å². The highest BCUT2D eigenvalue weighted by molar-refractivity contribution is 7.98. The van der Waals surface area contributed by atoms with Crippen LogP contribution in [-0.2, 0) is 5.75 Å². The van der Waals surface area contributed by atoms with E-state index < -0.39 is 0 Å². The van der Waals surface area contributed by atoms with Crippen LogP contribution in [0.25, 0.3) is 17.0 Å². The summed E-state index contributed by atoms with van der Waals surface area (Å²) in [6.45, 7) is 3.93. The lowest BCUT2D eigenvalue weighted by Gasteiger charge is -2.03. The predicted molar refractivity (Wildman–Crippen MR) is 98.3 cm³/mol. The van der Waals surface area contributed by atoms with E-state index in [1.165, 1.54) is 11.8 Å². The van der Waals surface area contributed by atoms with Crippen LogP contribution in [0.3, 0.4) is 0 Å². The van der Waals surface area contributed by atoms with Crippen LogP contribution in [0, 0.1) is 13.8 Å². The second-order valence-electron chi connectivity index (χ2n) is 5.81. The van der Waals surface area contributed by atoms with Gasteiger partial charge in [-0.25, -0.2) is 9.50 Å². The number of hydrogen-bond acceptors (Lipinski definition) is 7. The molecule has 0 radical (unpaired) electrons. The summed E-state index contributed by atoms with van der Waals surface area (Å²) in [7, 11) is 1.64. The SMILES string of the molecule is COc1ccccc1-c1cc(CSc2nc3nc(C)cc(C)n3n2)on1. The Morgan fingerprint density at radius 2 is 2.00 bits per heavy atom. The summed E-state index contributed by atoms with van der Waals surface area (Å²) in [5.41, 5.74) is 3.57. The van der Waals surface area contributed by atoms with Crippen molar-refractivity contribution in [3.05, 3.63) is 53.5 Å². The van der Waals surface area contributed by atoms with Crippen molar-refractivity contribution in [1.29, 1.82) is 0 Å². The smallest absolute Gasteiger partial charge is 0.253 e. The molecule has 0 fully saturated rings. The van der Waals surface area contributed by atoms with E-state index in [0.29, 0.717) is 16.7 Å². The largest absolute Gasteiger partial charge is 0.496 e. The van der Waals surface area contributed by atoms with Crippen LogP contribution in [0.1, 0.15) is 17.1 Å². The Morgan fingerprint density at radius 3 is 2.85 bits per heavy atom. The quantitative estimate of drug-likeness (QED) is 0.498. The van der Waals surface area contributed by atoms with Gasteiger partial charge < -0.3 is 9.26 Å². The van der Waals surface area contributed by atoms with Crippen LogP contribution in [0.4, 0.5) is 0 Å². The fourth-order valence-electron chi connectivity index (χ4n) is 2.71. The Bertz CT molecular complexity index is 1070. The molecule has 0 atom stereocenters. The molecule has 0 saturated carbocycles. The zero-order chi connectivity index (χ0) is 18.1. The topological polar surface area (TPSA) is 78.3 Å². The van der Waals surface area contributed by atoms with Crippen LogP contribution in [0.5, 0.6) is 5.75 Å². The Labute approximate surface area is 154 Å². The standard InChI is InChI=1S/C18H17N5O2S/c1-11-8-12(2)23-17(19-11)20-18(21-23)26-10-13-9-15(22-25-13)14-6-4-5-7-16(14)24-3/h4-9H,10H2,1-3H3. The van der Waals surface area contributed by atoms with E-state index in [0.717, 1.165) is 34.2 Å². The highest BCUT2D eigenvalue weighted by Crippen LogP contribution is 2.30. The van der Waals surface area contributed by atoms with Crippen molar-refractivity contribution in [3.8, 4) is 17.0 Å². The number of hydrogen-bond donors (Lipinski definition) is 0. The number of methoxy groups -OCH3 is 1. The second-order valence-corrected chi connectivity index (χ2v) is 6.76. The molecule has 0 aliphatic carbocycles. The minimum absolute atomic E-state index is 0.580. The molecule has 1 aromatic carbocycles. The molecule has 0 saturated heterocycles. The molecule has 0 aliphatic rings. The monoisotopic (exact) mass is 367 g/mol. The molecular weight excluding hydrogens is 350 g/mol. The molecule has 0 bridgehead atoms. The van der Waals surface area contributed by atoms with Gasteiger partial charge in [-0.1, -0.05) is 29.1 Å². The molecule has 3 aromatic heterocycles.